The third-order valence-corrected chi connectivity index (χ3v) is 2.98. The lowest BCUT2D eigenvalue weighted by atomic mass is 10.2. The summed E-state index contributed by atoms with van der Waals surface area (Å²) in [6, 6.07) is 5.46. The zero-order valence-corrected chi connectivity index (χ0v) is 11.9. The Labute approximate surface area is 118 Å². The standard InChI is InChI=1S/C14H19N5O/c1-9-4-5-12(16-7-9)11(3)17-14(20)8-19-13(15)6-10(2)18-19/h4-7,11H,8,15H2,1-3H3,(H,17,20). The van der Waals surface area contributed by atoms with E-state index in [1.807, 2.05) is 32.9 Å². The van der Waals surface area contributed by atoms with E-state index < -0.39 is 0 Å². The largest absolute Gasteiger partial charge is 0.384 e. The Morgan fingerprint density at radius 1 is 1.45 bits per heavy atom. The van der Waals surface area contributed by atoms with Crippen molar-refractivity contribution in [2.45, 2.75) is 33.4 Å². The quantitative estimate of drug-likeness (QED) is 0.880. The molecular formula is C14H19N5O. The molecule has 0 radical (unpaired) electrons. The second kappa shape index (κ2) is 5.73. The minimum absolute atomic E-state index is 0.107. The molecule has 0 fully saturated rings. The lowest BCUT2D eigenvalue weighted by Crippen LogP contribution is -2.31. The van der Waals surface area contributed by atoms with Crippen molar-refractivity contribution in [1.82, 2.24) is 20.1 Å². The van der Waals surface area contributed by atoms with Gasteiger partial charge in [-0.2, -0.15) is 5.10 Å². The molecule has 2 aromatic heterocycles. The summed E-state index contributed by atoms with van der Waals surface area (Å²) in [7, 11) is 0. The van der Waals surface area contributed by atoms with E-state index in [1.165, 1.54) is 4.68 Å². The first-order valence-electron chi connectivity index (χ1n) is 6.47. The molecule has 0 aliphatic carbocycles. The van der Waals surface area contributed by atoms with Crippen molar-refractivity contribution in [2.24, 2.45) is 0 Å². The molecule has 0 saturated carbocycles. The van der Waals surface area contributed by atoms with Crippen LogP contribution in [0.25, 0.3) is 0 Å². The van der Waals surface area contributed by atoms with Crippen molar-refractivity contribution in [3.05, 3.63) is 41.3 Å². The first-order chi connectivity index (χ1) is 9.45. The fourth-order valence-electron chi connectivity index (χ4n) is 1.92. The maximum Gasteiger partial charge on any atom is 0.242 e. The fraction of sp³-hybridized carbons (Fsp3) is 0.357. The molecule has 2 aromatic rings. The fourth-order valence-corrected chi connectivity index (χ4v) is 1.92. The van der Waals surface area contributed by atoms with Crippen molar-refractivity contribution in [2.75, 3.05) is 5.73 Å². The number of carbonyl (C=O) groups is 1. The van der Waals surface area contributed by atoms with Gasteiger partial charge in [0.1, 0.15) is 12.4 Å². The Morgan fingerprint density at radius 2 is 2.20 bits per heavy atom. The number of nitrogens with two attached hydrogens (primary N) is 1. The molecule has 2 heterocycles. The predicted molar refractivity (Wildman–Crippen MR) is 76.9 cm³/mol. The average Bonchev–Trinajstić information content (AvgIpc) is 2.68. The predicted octanol–water partition coefficient (Wildman–Crippen LogP) is 1.35. The molecule has 106 valence electrons. The molecule has 0 bridgehead atoms. The van der Waals surface area contributed by atoms with Crippen LogP contribution in [0.15, 0.2) is 24.4 Å². The van der Waals surface area contributed by atoms with E-state index >= 15 is 0 Å². The number of hydrogen-bond donors (Lipinski definition) is 2. The summed E-state index contributed by atoms with van der Waals surface area (Å²) in [5, 5.41) is 7.04. The highest BCUT2D eigenvalue weighted by molar-refractivity contribution is 5.76. The number of rotatable bonds is 4. The van der Waals surface area contributed by atoms with Crippen molar-refractivity contribution in [3.8, 4) is 0 Å². The van der Waals surface area contributed by atoms with Gasteiger partial charge in [0.25, 0.3) is 0 Å². The molecule has 6 nitrogen and oxygen atoms in total. The van der Waals surface area contributed by atoms with Crippen LogP contribution in [0, 0.1) is 13.8 Å². The summed E-state index contributed by atoms with van der Waals surface area (Å²) in [5.41, 5.74) is 8.47. The van der Waals surface area contributed by atoms with Gasteiger partial charge in [-0.25, -0.2) is 4.68 Å². The molecular weight excluding hydrogens is 254 g/mol. The molecule has 0 aliphatic rings. The van der Waals surface area contributed by atoms with Crippen molar-refractivity contribution >= 4 is 11.7 Å². The summed E-state index contributed by atoms with van der Waals surface area (Å²) < 4.78 is 1.49. The maximum absolute atomic E-state index is 12.0. The molecule has 1 amide bonds. The molecule has 2 rings (SSSR count). The SMILES string of the molecule is Cc1ccc(C(C)NC(=O)Cn2nc(C)cc2N)nc1. The number of nitrogen functional groups attached to an aromatic ring is 1. The highest BCUT2D eigenvalue weighted by atomic mass is 16.2. The van der Waals surface area contributed by atoms with Gasteiger partial charge in [0.15, 0.2) is 0 Å². The molecule has 3 N–H and O–H groups in total. The summed E-state index contributed by atoms with van der Waals surface area (Å²) >= 11 is 0. The lowest BCUT2D eigenvalue weighted by Gasteiger charge is -2.14. The Kier molecular flexibility index (Phi) is 4.02. The van der Waals surface area contributed by atoms with Gasteiger partial charge in [-0.1, -0.05) is 6.07 Å². The normalized spacial score (nSPS) is 12.2. The zero-order valence-electron chi connectivity index (χ0n) is 11.9. The second-order valence-electron chi connectivity index (χ2n) is 4.92. The zero-order chi connectivity index (χ0) is 14.7. The topological polar surface area (TPSA) is 85.8 Å². The summed E-state index contributed by atoms with van der Waals surface area (Å²) in [6.45, 7) is 5.82. The number of nitrogens with zero attached hydrogens (tertiary/aromatic N) is 3. The van der Waals surface area contributed by atoms with Crippen LogP contribution in [0.5, 0.6) is 0 Å². The molecule has 1 unspecified atom stereocenters. The highest BCUT2D eigenvalue weighted by Crippen LogP contribution is 2.10. The van der Waals surface area contributed by atoms with Crippen molar-refractivity contribution in [1.29, 1.82) is 0 Å². The number of aryl methyl sites for hydroxylation is 2. The minimum Gasteiger partial charge on any atom is -0.384 e. The van der Waals surface area contributed by atoms with E-state index in [-0.39, 0.29) is 18.5 Å². The van der Waals surface area contributed by atoms with Crippen LogP contribution in [-0.4, -0.2) is 20.7 Å². The third kappa shape index (κ3) is 3.34. The molecule has 0 spiro atoms. The van der Waals surface area contributed by atoms with Crippen molar-refractivity contribution in [3.63, 3.8) is 0 Å². The van der Waals surface area contributed by atoms with Gasteiger partial charge in [0.2, 0.25) is 5.91 Å². The summed E-state index contributed by atoms with van der Waals surface area (Å²) in [5.74, 6) is 0.341. The van der Waals surface area contributed by atoms with Crippen LogP contribution in [-0.2, 0) is 11.3 Å². The van der Waals surface area contributed by atoms with E-state index in [0.717, 1.165) is 17.0 Å². The van der Waals surface area contributed by atoms with E-state index in [4.69, 9.17) is 5.73 Å². The van der Waals surface area contributed by atoms with Gasteiger partial charge in [-0.3, -0.25) is 9.78 Å². The highest BCUT2D eigenvalue weighted by Gasteiger charge is 2.12. The number of pyridine rings is 1. The van der Waals surface area contributed by atoms with Crippen LogP contribution < -0.4 is 11.1 Å². The minimum atomic E-state index is -0.152. The first kappa shape index (κ1) is 14.0. The smallest absolute Gasteiger partial charge is 0.242 e. The number of nitrogens with one attached hydrogen (secondary N) is 1. The average molecular weight is 273 g/mol. The number of anilines is 1. The van der Waals surface area contributed by atoms with Crippen molar-refractivity contribution < 1.29 is 4.79 Å². The number of amides is 1. The van der Waals surface area contributed by atoms with E-state index in [9.17, 15) is 4.79 Å². The number of aromatic nitrogens is 3. The van der Waals surface area contributed by atoms with Gasteiger partial charge in [0, 0.05) is 12.3 Å². The maximum atomic E-state index is 12.0. The van der Waals surface area contributed by atoms with Gasteiger partial charge >= 0.3 is 0 Å². The summed E-state index contributed by atoms with van der Waals surface area (Å²) in [6.07, 6.45) is 1.78. The molecule has 0 saturated heterocycles. The molecule has 1 atom stereocenters. The van der Waals surface area contributed by atoms with E-state index in [1.54, 1.807) is 12.3 Å². The van der Waals surface area contributed by atoms with Crippen LogP contribution in [0.1, 0.15) is 29.9 Å². The van der Waals surface area contributed by atoms with Crippen LogP contribution >= 0.6 is 0 Å². The molecule has 20 heavy (non-hydrogen) atoms. The van der Waals surface area contributed by atoms with Crippen LogP contribution in [0.2, 0.25) is 0 Å². The first-order valence-corrected chi connectivity index (χ1v) is 6.47. The van der Waals surface area contributed by atoms with Gasteiger partial charge in [-0.15, -0.1) is 0 Å². The van der Waals surface area contributed by atoms with E-state index in [0.29, 0.717) is 5.82 Å². The Bertz CT molecular complexity index is 603. The third-order valence-electron chi connectivity index (χ3n) is 2.98. The lowest BCUT2D eigenvalue weighted by molar-refractivity contribution is -0.122. The van der Waals surface area contributed by atoms with Gasteiger partial charge < -0.3 is 11.1 Å². The monoisotopic (exact) mass is 273 g/mol. The summed E-state index contributed by atoms with van der Waals surface area (Å²) in [4.78, 5) is 16.3. The molecule has 0 aromatic carbocycles. The van der Waals surface area contributed by atoms with Gasteiger partial charge in [-0.05, 0) is 32.4 Å². The van der Waals surface area contributed by atoms with Gasteiger partial charge in [0.05, 0.1) is 17.4 Å². The number of carbonyl (C=O) groups excluding carboxylic acids is 1. The Balaban J connectivity index is 1.97. The van der Waals surface area contributed by atoms with Crippen LogP contribution in [0.3, 0.4) is 0 Å². The van der Waals surface area contributed by atoms with Crippen LogP contribution in [0.4, 0.5) is 5.82 Å². The number of hydrogen-bond acceptors (Lipinski definition) is 4. The second-order valence-corrected chi connectivity index (χ2v) is 4.92. The molecule has 6 heteroatoms. The van der Waals surface area contributed by atoms with E-state index in [2.05, 4.69) is 15.4 Å². The Hall–Kier alpha value is -2.37. The molecule has 0 aliphatic heterocycles. The Morgan fingerprint density at radius 3 is 2.75 bits per heavy atom.